The van der Waals surface area contributed by atoms with Crippen LogP contribution in [-0.2, 0) is 10.0 Å². The Kier molecular flexibility index (Phi) is 4.45. The van der Waals surface area contributed by atoms with Gasteiger partial charge in [-0.15, -0.1) is 12.3 Å². The van der Waals surface area contributed by atoms with Crippen molar-refractivity contribution in [1.82, 2.24) is 4.72 Å². The van der Waals surface area contributed by atoms with Crippen LogP contribution < -0.4 is 4.72 Å². The van der Waals surface area contributed by atoms with Crippen LogP contribution in [0.4, 0.5) is 0 Å². The van der Waals surface area contributed by atoms with Gasteiger partial charge in [0.1, 0.15) is 0 Å². The number of unbranched alkanes of at least 4 members (excludes halogenated alkanes) is 1. The van der Waals surface area contributed by atoms with E-state index in [0.717, 1.165) is 0 Å². The minimum Gasteiger partial charge on any atom is -0.215 e. The topological polar surface area (TPSA) is 46.2 Å². The zero-order chi connectivity index (χ0) is 10.5. The molecule has 0 amide bonds. The van der Waals surface area contributed by atoms with E-state index in [4.69, 9.17) is 6.42 Å². The third-order valence-electron chi connectivity index (χ3n) is 1.60. The number of terminal acetylenes is 1. The summed E-state index contributed by atoms with van der Waals surface area (Å²) in [6, 6.07) is 0. The zero-order valence-corrected chi connectivity index (χ0v) is 9.24. The highest BCUT2D eigenvalue weighted by molar-refractivity contribution is 7.90. The Bertz CT molecular complexity index is 280. The summed E-state index contributed by atoms with van der Waals surface area (Å²) >= 11 is 0. The van der Waals surface area contributed by atoms with Crippen molar-refractivity contribution in [2.24, 2.45) is 0 Å². The smallest absolute Gasteiger partial charge is 0.215 e. The molecule has 0 aromatic rings. The molecule has 0 aliphatic heterocycles. The Morgan fingerprint density at radius 2 is 1.92 bits per heavy atom. The van der Waals surface area contributed by atoms with Gasteiger partial charge in [0, 0.05) is 13.0 Å². The van der Waals surface area contributed by atoms with Crippen LogP contribution in [0.2, 0.25) is 0 Å². The quantitative estimate of drug-likeness (QED) is 0.549. The molecule has 0 saturated carbocycles. The molecule has 4 heteroatoms. The number of nitrogens with one attached hydrogen (secondary N) is 1. The van der Waals surface area contributed by atoms with E-state index in [2.05, 4.69) is 10.6 Å². The summed E-state index contributed by atoms with van der Waals surface area (Å²) in [6.07, 6.45) is 6.33. The zero-order valence-electron chi connectivity index (χ0n) is 8.42. The average molecular weight is 203 g/mol. The summed E-state index contributed by atoms with van der Waals surface area (Å²) in [6.45, 7) is 5.41. The van der Waals surface area contributed by atoms with Gasteiger partial charge in [0.15, 0.2) is 0 Å². The van der Waals surface area contributed by atoms with Crippen LogP contribution in [0.15, 0.2) is 0 Å². The second-order valence-corrected chi connectivity index (χ2v) is 6.34. The monoisotopic (exact) mass is 203 g/mol. The van der Waals surface area contributed by atoms with Crippen LogP contribution in [0, 0.1) is 12.3 Å². The van der Waals surface area contributed by atoms with Gasteiger partial charge in [0.05, 0.1) is 4.75 Å². The lowest BCUT2D eigenvalue weighted by Crippen LogP contribution is -2.39. The largest absolute Gasteiger partial charge is 0.216 e. The van der Waals surface area contributed by atoms with Gasteiger partial charge in [0.25, 0.3) is 0 Å². The van der Waals surface area contributed by atoms with Crippen LogP contribution in [0.25, 0.3) is 0 Å². The lowest BCUT2D eigenvalue weighted by molar-refractivity contribution is 0.543. The molecule has 0 radical (unpaired) electrons. The molecule has 0 unspecified atom stereocenters. The molecule has 0 spiro atoms. The van der Waals surface area contributed by atoms with Gasteiger partial charge >= 0.3 is 0 Å². The molecule has 0 aliphatic carbocycles. The first kappa shape index (κ1) is 12.5. The van der Waals surface area contributed by atoms with Crippen LogP contribution in [0.5, 0.6) is 0 Å². The fraction of sp³-hybridized carbons (Fsp3) is 0.778. The molecule has 0 atom stereocenters. The predicted octanol–water partition coefficient (Wildman–Crippen LogP) is 1.12. The lowest BCUT2D eigenvalue weighted by atomic mass is 10.3. The third kappa shape index (κ3) is 4.30. The second-order valence-electron chi connectivity index (χ2n) is 3.82. The molecule has 0 bridgehead atoms. The van der Waals surface area contributed by atoms with Gasteiger partial charge in [-0.3, -0.25) is 0 Å². The van der Waals surface area contributed by atoms with Crippen molar-refractivity contribution >= 4 is 10.0 Å². The van der Waals surface area contributed by atoms with Crippen molar-refractivity contribution in [2.45, 2.75) is 38.4 Å². The maximum absolute atomic E-state index is 11.5. The number of rotatable bonds is 4. The number of hydrogen-bond acceptors (Lipinski definition) is 2. The van der Waals surface area contributed by atoms with Crippen LogP contribution in [0.1, 0.15) is 33.6 Å². The van der Waals surface area contributed by atoms with Crippen LogP contribution in [0.3, 0.4) is 0 Å². The Hall–Kier alpha value is -0.530. The first-order chi connectivity index (χ1) is 5.81. The molecule has 13 heavy (non-hydrogen) atoms. The molecule has 76 valence electrons. The molecule has 0 saturated heterocycles. The summed E-state index contributed by atoms with van der Waals surface area (Å²) in [5.41, 5.74) is 0. The molecule has 1 N–H and O–H groups in total. The lowest BCUT2D eigenvalue weighted by Gasteiger charge is -2.19. The van der Waals surface area contributed by atoms with E-state index in [0.29, 0.717) is 19.4 Å². The number of hydrogen-bond donors (Lipinski definition) is 1. The van der Waals surface area contributed by atoms with Crippen molar-refractivity contribution in [2.75, 3.05) is 6.54 Å². The molecule has 0 aliphatic rings. The van der Waals surface area contributed by atoms with Crippen molar-refractivity contribution in [3.63, 3.8) is 0 Å². The molecule has 0 rings (SSSR count). The van der Waals surface area contributed by atoms with Gasteiger partial charge in [-0.05, 0) is 27.2 Å². The van der Waals surface area contributed by atoms with Gasteiger partial charge < -0.3 is 0 Å². The summed E-state index contributed by atoms with van der Waals surface area (Å²) in [7, 11) is -3.20. The summed E-state index contributed by atoms with van der Waals surface area (Å²) in [5, 5.41) is 0. The molecular weight excluding hydrogens is 186 g/mol. The molecule has 0 fully saturated rings. The van der Waals surface area contributed by atoms with Gasteiger partial charge in [-0.2, -0.15) is 0 Å². The molecular formula is C9H17NO2S. The van der Waals surface area contributed by atoms with Gasteiger partial charge in [-0.25, -0.2) is 13.1 Å². The Morgan fingerprint density at radius 3 is 2.31 bits per heavy atom. The Labute approximate surface area is 81.0 Å². The summed E-state index contributed by atoms with van der Waals surface area (Å²) < 4.78 is 24.7. The van der Waals surface area contributed by atoms with E-state index in [1.165, 1.54) is 0 Å². The van der Waals surface area contributed by atoms with Crippen molar-refractivity contribution < 1.29 is 8.42 Å². The van der Waals surface area contributed by atoms with E-state index in [1.54, 1.807) is 20.8 Å². The highest BCUT2D eigenvalue weighted by Crippen LogP contribution is 2.12. The average Bonchev–Trinajstić information content (AvgIpc) is 1.96. The van der Waals surface area contributed by atoms with E-state index in [-0.39, 0.29) is 0 Å². The van der Waals surface area contributed by atoms with E-state index >= 15 is 0 Å². The second kappa shape index (κ2) is 4.64. The maximum atomic E-state index is 11.5. The Balaban J connectivity index is 4.01. The maximum Gasteiger partial charge on any atom is 0.216 e. The molecule has 0 heterocycles. The highest BCUT2D eigenvalue weighted by atomic mass is 32.2. The number of sulfonamides is 1. The van der Waals surface area contributed by atoms with Crippen LogP contribution >= 0.6 is 0 Å². The third-order valence-corrected chi connectivity index (χ3v) is 3.79. The standard InChI is InChI=1S/C9H17NO2S/c1-5-6-7-8-10-13(11,12)9(2,3)4/h1,10H,6-8H2,2-4H3. The van der Waals surface area contributed by atoms with E-state index in [1.807, 2.05) is 0 Å². The first-order valence-corrected chi connectivity index (χ1v) is 5.72. The normalized spacial score (nSPS) is 12.5. The predicted molar refractivity (Wildman–Crippen MR) is 54.7 cm³/mol. The van der Waals surface area contributed by atoms with Crippen molar-refractivity contribution in [3.05, 3.63) is 0 Å². The minimum atomic E-state index is -3.20. The summed E-state index contributed by atoms with van der Waals surface area (Å²) in [5.74, 6) is 2.46. The van der Waals surface area contributed by atoms with Crippen LogP contribution in [-0.4, -0.2) is 19.7 Å². The van der Waals surface area contributed by atoms with E-state index < -0.39 is 14.8 Å². The summed E-state index contributed by atoms with van der Waals surface area (Å²) in [4.78, 5) is 0. The highest BCUT2D eigenvalue weighted by Gasteiger charge is 2.27. The fourth-order valence-corrected chi connectivity index (χ4v) is 1.46. The fourth-order valence-electron chi connectivity index (χ4n) is 0.613. The molecule has 3 nitrogen and oxygen atoms in total. The Morgan fingerprint density at radius 1 is 1.38 bits per heavy atom. The van der Waals surface area contributed by atoms with Gasteiger partial charge in [0.2, 0.25) is 10.0 Å². The first-order valence-electron chi connectivity index (χ1n) is 4.24. The SMILES string of the molecule is C#CCCCNS(=O)(=O)C(C)(C)C. The molecule has 0 aromatic heterocycles. The van der Waals surface area contributed by atoms with Crippen molar-refractivity contribution in [3.8, 4) is 12.3 Å². The van der Waals surface area contributed by atoms with Crippen molar-refractivity contribution in [1.29, 1.82) is 0 Å². The van der Waals surface area contributed by atoms with E-state index in [9.17, 15) is 8.42 Å². The van der Waals surface area contributed by atoms with Gasteiger partial charge in [-0.1, -0.05) is 0 Å². The minimum absolute atomic E-state index is 0.420. The molecule has 0 aromatic carbocycles.